The second-order valence-corrected chi connectivity index (χ2v) is 3.54. The highest BCUT2D eigenvalue weighted by atomic mass is 16.1. The summed E-state index contributed by atoms with van der Waals surface area (Å²) < 4.78 is 0. The van der Waals surface area contributed by atoms with Crippen molar-refractivity contribution < 1.29 is 4.79 Å². The molecule has 0 aliphatic rings. The van der Waals surface area contributed by atoms with Crippen LogP contribution in [0.4, 0.5) is 5.69 Å². The van der Waals surface area contributed by atoms with E-state index in [-0.39, 0.29) is 5.91 Å². The molecule has 1 amide bonds. The van der Waals surface area contributed by atoms with Gasteiger partial charge in [-0.3, -0.25) is 9.78 Å². The Bertz CT molecular complexity index is 521. The SMILES string of the molecule is CC.CC.CC(=O)Nc1ccc2nc(C)ccc2c1. The van der Waals surface area contributed by atoms with Gasteiger partial charge in [-0.2, -0.15) is 0 Å². The third-order valence-electron chi connectivity index (χ3n) is 2.15. The first kappa shape index (κ1) is 17.1. The molecule has 1 aromatic carbocycles. The second kappa shape index (κ2) is 9.09. The van der Waals surface area contributed by atoms with Crippen LogP contribution in [0.25, 0.3) is 10.9 Å². The third-order valence-corrected chi connectivity index (χ3v) is 2.15. The molecule has 0 saturated carbocycles. The van der Waals surface area contributed by atoms with Gasteiger partial charge in [0.05, 0.1) is 5.52 Å². The average Bonchev–Trinajstić information content (AvgIpc) is 2.43. The van der Waals surface area contributed by atoms with E-state index in [4.69, 9.17) is 0 Å². The number of carbonyl (C=O) groups excluding carboxylic acids is 1. The predicted molar refractivity (Wildman–Crippen MR) is 83.5 cm³/mol. The molecule has 0 aliphatic carbocycles. The maximum Gasteiger partial charge on any atom is 0.221 e. The first-order valence-corrected chi connectivity index (χ1v) is 6.80. The Labute approximate surface area is 116 Å². The van der Waals surface area contributed by atoms with Gasteiger partial charge in [0.2, 0.25) is 5.91 Å². The lowest BCUT2D eigenvalue weighted by molar-refractivity contribution is -0.114. The molecule has 104 valence electrons. The quantitative estimate of drug-likeness (QED) is 0.817. The smallest absolute Gasteiger partial charge is 0.221 e. The van der Waals surface area contributed by atoms with E-state index in [2.05, 4.69) is 10.3 Å². The molecule has 19 heavy (non-hydrogen) atoms. The highest BCUT2D eigenvalue weighted by Crippen LogP contribution is 2.17. The Morgan fingerprint density at radius 1 is 1.05 bits per heavy atom. The molecular weight excluding hydrogens is 236 g/mol. The van der Waals surface area contributed by atoms with Crippen molar-refractivity contribution in [2.24, 2.45) is 0 Å². The number of amides is 1. The van der Waals surface area contributed by atoms with Crippen LogP contribution in [0.5, 0.6) is 0 Å². The minimum absolute atomic E-state index is 0.0607. The maximum absolute atomic E-state index is 10.9. The van der Waals surface area contributed by atoms with Gasteiger partial charge in [0.25, 0.3) is 0 Å². The zero-order valence-corrected chi connectivity index (χ0v) is 12.7. The number of fused-ring (bicyclic) bond motifs is 1. The lowest BCUT2D eigenvalue weighted by Gasteiger charge is -2.04. The van der Waals surface area contributed by atoms with E-state index in [1.165, 1.54) is 6.92 Å². The van der Waals surface area contributed by atoms with Gasteiger partial charge in [-0.1, -0.05) is 33.8 Å². The van der Waals surface area contributed by atoms with Crippen molar-refractivity contribution >= 4 is 22.5 Å². The Kier molecular flexibility index (Phi) is 8.18. The summed E-state index contributed by atoms with van der Waals surface area (Å²) in [4.78, 5) is 15.3. The number of hydrogen-bond donors (Lipinski definition) is 1. The van der Waals surface area contributed by atoms with E-state index in [9.17, 15) is 4.79 Å². The van der Waals surface area contributed by atoms with Crippen molar-refractivity contribution in [1.82, 2.24) is 4.98 Å². The number of pyridine rings is 1. The fourth-order valence-corrected chi connectivity index (χ4v) is 1.51. The highest BCUT2D eigenvalue weighted by Gasteiger charge is 1.99. The first-order valence-electron chi connectivity index (χ1n) is 6.80. The van der Waals surface area contributed by atoms with Crippen LogP contribution >= 0.6 is 0 Å². The van der Waals surface area contributed by atoms with Crippen LogP contribution in [0.1, 0.15) is 40.3 Å². The van der Waals surface area contributed by atoms with Crippen LogP contribution in [-0.2, 0) is 4.79 Å². The molecule has 1 N–H and O–H groups in total. The number of anilines is 1. The third kappa shape index (κ3) is 5.51. The van der Waals surface area contributed by atoms with Gasteiger partial charge < -0.3 is 5.32 Å². The number of nitrogens with one attached hydrogen (secondary N) is 1. The van der Waals surface area contributed by atoms with Crippen LogP contribution in [0.3, 0.4) is 0 Å². The second-order valence-electron chi connectivity index (χ2n) is 3.54. The van der Waals surface area contributed by atoms with Crippen LogP contribution in [0.15, 0.2) is 30.3 Å². The molecule has 0 saturated heterocycles. The molecule has 1 aromatic heterocycles. The van der Waals surface area contributed by atoms with Gasteiger partial charge in [-0.05, 0) is 31.2 Å². The van der Waals surface area contributed by atoms with Gasteiger partial charge in [0.15, 0.2) is 0 Å². The van der Waals surface area contributed by atoms with Crippen LogP contribution in [0, 0.1) is 6.92 Å². The fraction of sp³-hybridized carbons (Fsp3) is 0.375. The summed E-state index contributed by atoms with van der Waals surface area (Å²) in [5.41, 5.74) is 2.75. The maximum atomic E-state index is 10.9. The van der Waals surface area contributed by atoms with Gasteiger partial charge in [0, 0.05) is 23.7 Å². The predicted octanol–water partition coefficient (Wildman–Crippen LogP) is 4.55. The number of aromatic nitrogens is 1. The summed E-state index contributed by atoms with van der Waals surface area (Å²) in [6.45, 7) is 11.5. The lowest BCUT2D eigenvalue weighted by Crippen LogP contribution is -2.05. The van der Waals surface area contributed by atoms with Crippen LogP contribution < -0.4 is 5.32 Å². The Balaban J connectivity index is 0.000000741. The van der Waals surface area contributed by atoms with Crippen LogP contribution in [-0.4, -0.2) is 10.9 Å². The summed E-state index contributed by atoms with van der Waals surface area (Å²) in [7, 11) is 0. The minimum atomic E-state index is -0.0607. The molecule has 1 heterocycles. The van der Waals surface area contributed by atoms with Gasteiger partial charge in [-0.15, -0.1) is 0 Å². The molecule has 0 atom stereocenters. The summed E-state index contributed by atoms with van der Waals surface area (Å²) in [5.74, 6) is -0.0607. The van der Waals surface area contributed by atoms with E-state index in [1.54, 1.807) is 0 Å². The molecule has 3 heteroatoms. The number of carbonyl (C=O) groups is 1. The topological polar surface area (TPSA) is 42.0 Å². The largest absolute Gasteiger partial charge is 0.326 e. The molecule has 0 spiro atoms. The van der Waals surface area contributed by atoms with E-state index in [0.29, 0.717) is 0 Å². The standard InChI is InChI=1S/C12H12N2O.2C2H6/c1-8-3-4-10-7-11(14-9(2)15)5-6-12(10)13-8;2*1-2/h3-7H,1-2H3,(H,14,15);2*1-2H3. The first-order chi connectivity index (χ1) is 9.15. The molecule has 0 radical (unpaired) electrons. The van der Waals surface area contributed by atoms with Gasteiger partial charge in [-0.25, -0.2) is 0 Å². The molecule has 0 aliphatic heterocycles. The van der Waals surface area contributed by atoms with Crippen molar-refractivity contribution in [3.05, 3.63) is 36.0 Å². The van der Waals surface area contributed by atoms with E-state index < -0.39 is 0 Å². The Morgan fingerprint density at radius 3 is 2.26 bits per heavy atom. The zero-order valence-electron chi connectivity index (χ0n) is 12.7. The number of hydrogen-bond acceptors (Lipinski definition) is 2. The fourth-order valence-electron chi connectivity index (χ4n) is 1.51. The van der Waals surface area contributed by atoms with E-state index in [1.807, 2.05) is 65.0 Å². The van der Waals surface area contributed by atoms with E-state index in [0.717, 1.165) is 22.3 Å². The van der Waals surface area contributed by atoms with Crippen molar-refractivity contribution in [1.29, 1.82) is 0 Å². The molecule has 3 nitrogen and oxygen atoms in total. The molecular formula is C16H24N2O. The number of nitrogens with zero attached hydrogens (tertiary/aromatic N) is 1. The molecule has 0 unspecified atom stereocenters. The van der Waals surface area contributed by atoms with Gasteiger partial charge >= 0.3 is 0 Å². The van der Waals surface area contributed by atoms with Gasteiger partial charge in [0.1, 0.15) is 0 Å². The van der Waals surface area contributed by atoms with Crippen molar-refractivity contribution in [2.45, 2.75) is 41.5 Å². The Hall–Kier alpha value is -1.90. The monoisotopic (exact) mass is 260 g/mol. The van der Waals surface area contributed by atoms with Crippen molar-refractivity contribution in [2.75, 3.05) is 5.32 Å². The van der Waals surface area contributed by atoms with E-state index >= 15 is 0 Å². The summed E-state index contributed by atoms with van der Waals surface area (Å²) in [6, 6.07) is 9.65. The Morgan fingerprint density at radius 2 is 1.68 bits per heavy atom. The van der Waals surface area contributed by atoms with Crippen molar-refractivity contribution in [3.8, 4) is 0 Å². The number of rotatable bonds is 1. The number of benzene rings is 1. The average molecular weight is 260 g/mol. The van der Waals surface area contributed by atoms with Crippen molar-refractivity contribution in [3.63, 3.8) is 0 Å². The summed E-state index contributed by atoms with van der Waals surface area (Å²) in [5, 5.41) is 3.78. The zero-order chi connectivity index (χ0) is 14.8. The molecule has 2 aromatic rings. The minimum Gasteiger partial charge on any atom is -0.326 e. The molecule has 0 fully saturated rings. The lowest BCUT2D eigenvalue weighted by atomic mass is 10.2. The molecule has 0 bridgehead atoms. The van der Waals surface area contributed by atoms with Crippen LogP contribution in [0.2, 0.25) is 0 Å². The molecule has 2 rings (SSSR count). The normalized spacial score (nSPS) is 8.74. The number of aryl methyl sites for hydroxylation is 1. The summed E-state index contributed by atoms with van der Waals surface area (Å²) in [6.07, 6.45) is 0. The highest BCUT2D eigenvalue weighted by molar-refractivity contribution is 5.92. The summed E-state index contributed by atoms with van der Waals surface area (Å²) >= 11 is 0.